The number of carbonyl (C=O) groups excluding carboxylic acids is 1. The summed E-state index contributed by atoms with van der Waals surface area (Å²) in [5, 5.41) is -1.84. The normalized spacial score (nSPS) is 9.62. The molecule has 0 aromatic rings. The van der Waals surface area contributed by atoms with Crippen LogP contribution in [0.3, 0.4) is 0 Å². The first-order valence-corrected chi connectivity index (χ1v) is 2.61. The number of carbonyl (C=O) groups is 1. The summed E-state index contributed by atoms with van der Waals surface area (Å²) in [7, 11) is -4.85. The zero-order chi connectivity index (χ0) is 6.08. The fraction of sp³-hybridized carbons (Fsp3) is 0. The van der Waals surface area contributed by atoms with Crippen molar-refractivity contribution < 1.29 is 47.3 Å². The Morgan fingerprint density at radius 1 is 1.50 bits per heavy atom. The van der Waals surface area contributed by atoms with E-state index in [0.29, 0.717) is 0 Å². The van der Waals surface area contributed by atoms with Gasteiger partial charge in [-0.05, 0) is 0 Å². The zero-order valence-electron chi connectivity index (χ0n) is 4.12. The fourth-order valence-corrected chi connectivity index (χ4v) is 0. The van der Waals surface area contributed by atoms with E-state index in [1.54, 1.807) is 0 Å². The molecule has 8 heavy (non-hydrogen) atoms. The summed E-state index contributed by atoms with van der Waals surface area (Å²) < 4.78 is 27.9. The minimum Gasteiger partial charge on any atom is -0.740 e. The van der Waals surface area contributed by atoms with Gasteiger partial charge in [0, 0.05) is 0 Å². The topological polar surface area (TPSA) is 100 Å². The zero-order valence-corrected chi connectivity index (χ0v) is 6.94. The number of hydrogen-bond donors (Lipinski definition) is 1. The van der Waals surface area contributed by atoms with Gasteiger partial charge in [0.25, 0.3) is 0 Å². The molecule has 0 radical (unpaired) electrons. The van der Waals surface area contributed by atoms with Crippen molar-refractivity contribution in [2.45, 2.75) is 0 Å². The molecule has 0 aliphatic heterocycles. The van der Waals surface area contributed by atoms with Crippen LogP contribution in [0.1, 0.15) is 0 Å². The number of primary amides is 1. The van der Waals surface area contributed by atoms with Gasteiger partial charge in [-0.25, -0.2) is 8.42 Å². The Hall–Kier alpha value is 0.380. The van der Waals surface area contributed by atoms with E-state index in [4.69, 9.17) is 0 Å². The average molecular weight is 147 g/mol. The Morgan fingerprint density at radius 3 is 1.62 bits per heavy atom. The van der Waals surface area contributed by atoms with E-state index in [2.05, 4.69) is 5.73 Å². The van der Waals surface area contributed by atoms with E-state index < -0.39 is 15.4 Å². The molecule has 0 aliphatic carbocycles. The van der Waals surface area contributed by atoms with Gasteiger partial charge in [-0.2, -0.15) is 0 Å². The molecule has 42 valence electrons. The van der Waals surface area contributed by atoms with E-state index in [9.17, 15) is 17.8 Å². The predicted octanol–water partition coefficient (Wildman–Crippen LogP) is -4.39. The number of rotatable bonds is 0. The molecule has 0 aliphatic rings. The van der Waals surface area contributed by atoms with Crippen LogP contribution in [0.4, 0.5) is 4.79 Å². The van der Waals surface area contributed by atoms with Crippen molar-refractivity contribution in [2.75, 3.05) is 0 Å². The summed E-state index contributed by atoms with van der Waals surface area (Å²) in [4.78, 5) is 9.34. The maximum absolute atomic E-state index is 9.34. The molecule has 0 aromatic heterocycles. The van der Waals surface area contributed by atoms with Crippen molar-refractivity contribution in [1.29, 1.82) is 0 Å². The molecule has 7 heteroatoms. The summed E-state index contributed by atoms with van der Waals surface area (Å²) in [5.41, 5.74) is 4.03. The maximum atomic E-state index is 9.34. The summed E-state index contributed by atoms with van der Waals surface area (Å²) in [6.45, 7) is 0. The first-order chi connectivity index (χ1) is 2.94. The molecule has 2 N–H and O–H groups in total. The Morgan fingerprint density at radius 2 is 1.62 bits per heavy atom. The van der Waals surface area contributed by atoms with Crippen LogP contribution in [-0.2, 0) is 10.1 Å². The smallest absolute Gasteiger partial charge is 0.740 e. The van der Waals surface area contributed by atoms with E-state index in [-0.39, 0.29) is 29.6 Å². The quantitative estimate of drug-likeness (QED) is 0.276. The Balaban J connectivity index is 0. The van der Waals surface area contributed by atoms with Crippen LogP contribution in [0, 0.1) is 0 Å². The summed E-state index contributed by atoms with van der Waals surface area (Å²) in [6.07, 6.45) is 0. The van der Waals surface area contributed by atoms with E-state index in [1.807, 2.05) is 0 Å². The fourth-order valence-electron chi connectivity index (χ4n) is 0. The summed E-state index contributed by atoms with van der Waals surface area (Å²) in [5.74, 6) is 0. The monoisotopic (exact) mass is 147 g/mol. The Labute approximate surface area is 68.3 Å². The molecule has 0 atom stereocenters. The van der Waals surface area contributed by atoms with Gasteiger partial charge in [0.15, 0.2) is 10.1 Å². The largest absolute Gasteiger partial charge is 1.00 e. The Bertz CT molecular complexity index is 170. The van der Waals surface area contributed by atoms with Crippen LogP contribution >= 0.6 is 0 Å². The van der Waals surface area contributed by atoms with Gasteiger partial charge in [-0.3, -0.25) is 4.79 Å². The van der Waals surface area contributed by atoms with Gasteiger partial charge in [-0.1, -0.05) is 0 Å². The van der Waals surface area contributed by atoms with Crippen molar-refractivity contribution in [1.82, 2.24) is 0 Å². The molecule has 0 rings (SSSR count). The molecular weight excluding hydrogens is 145 g/mol. The molecule has 0 saturated carbocycles. The molecule has 1 amide bonds. The number of amides is 1. The van der Waals surface area contributed by atoms with Crippen LogP contribution in [0.25, 0.3) is 0 Å². The molecule has 0 heterocycles. The van der Waals surface area contributed by atoms with Crippen LogP contribution in [0.15, 0.2) is 0 Å². The molecule has 0 saturated heterocycles. The third kappa shape index (κ3) is 4.54. The SMILES string of the molecule is NC(=O)S(=O)(=O)[O-].[Na+]. The molecule has 0 bridgehead atoms. The van der Waals surface area contributed by atoms with Crippen LogP contribution in [-0.4, -0.2) is 18.2 Å². The van der Waals surface area contributed by atoms with Crippen LogP contribution in [0.2, 0.25) is 0 Å². The first-order valence-electron chi connectivity index (χ1n) is 1.20. The minimum absolute atomic E-state index is 0. The van der Waals surface area contributed by atoms with Crippen LogP contribution < -0.4 is 35.3 Å². The third-order valence-electron chi connectivity index (χ3n) is 0.246. The summed E-state index contributed by atoms with van der Waals surface area (Å²) in [6, 6.07) is 0. The number of hydrogen-bond acceptors (Lipinski definition) is 4. The van der Waals surface area contributed by atoms with Crippen molar-refractivity contribution >= 4 is 15.4 Å². The molecule has 0 spiro atoms. The summed E-state index contributed by atoms with van der Waals surface area (Å²) >= 11 is 0. The van der Waals surface area contributed by atoms with Crippen molar-refractivity contribution in [3.63, 3.8) is 0 Å². The molecule has 0 unspecified atom stereocenters. The molecular formula is CH2NNaO4S. The van der Waals surface area contributed by atoms with Gasteiger partial charge < -0.3 is 10.3 Å². The van der Waals surface area contributed by atoms with Gasteiger partial charge in [-0.15, -0.1) is 0 Å². The van der Waals surface area contributed by atoms with Crippen molar-refractivity contribution in [3.8, 4) is 0 Å². The average Bonchev–Trinajstić information content (AvgIpc) is 1.31. The second-order valence-corrected chi connectivity index (χ2v) is 2.08. The Kier molecular flexibility index (Phi) is 4.79. The van der Waals surface area contributed by atoms with Crippen LogP contribution in [0.5, 0.6) is 0 Å². The molecule has 0 fully saturated rings. The molecule has 0 aromatic carbocycles. The van der Waals surface area contributed by atoms with Gasteiger partial charge in [0.05, 0.1) is 0 Å². The van der Waals surface area contributed by atoms with E-state index >= 15 is 0 Å². The van der Waals surface area contributed by atoms with Gasteiger partial charge in [0.2, 0.25) is 0 Å². The van der Waals surface area contributed by atoms with Gasteiger partial charge >= 0.3 is 34.8 Å². The second kappa shape index (κ2) is 3.41. The standard InChI is InChI=1S/CH3NO4S.Na/c2-1(3)7(4,5)6;/h(H2,2,3)(H,4,5,6);/q;+1/p-1. The minimum atomic E-state index is -4.85. The van der Waals surface area contributed by atoms with Crippen molar-refractivity contribution in [2.24, 2.45) is 5.73 Å². The van der Waals surface area contributed by atoms with Crippen molar-refractivity contribution in [3.05, 3.63) is 0 Å². The van der Waals surface area contributed by atoms with E-state index in [1.165, 1.54) is 0 Å². The predicted molar refractivity (Wildman–Crippen MR) is 19.3 cm³/mol. The maximum Gasteiger partial charge on any atom is 1.00 e. The number of nitrogens with two attached hydrogens (primary N) is 1. The van der Waals surface area contributed by atoms with Gasteiger partial charge in [0.1, 0.15) is 0 Å². The molecule has 5 nitrogen and oxygen atoms in total. The second-order valence-electron chi connectivity index (χ2n) is 0.773. The van der Waals surface area contributed by atoms with E-state index in [0.717, 1.165) is 0 Å². The third-order valence-corrected chi connectivity index (χ3v) is 0.739. The first kappa shape index (κ1) is 11.2.